The van der Waals surface area contributed by atoms with Crippen LogP contribution in [-0.2, 0) is 0 Å². The first kappa shape index (κ1) is 23.9. The SMILES string of the molecule is OCC(O)[C@]1(F)CC2=C(c3ccn(C(F)F)n3)[C@H](c3ccc(F)cc3Cl)N=C(c3nccs3)N2C1. The molecular formula is C22H18ClF4N5O2S. The van der Waals surface area contributed by atoms with E-state index >= 15 is 4.39 Å². The summed E-state index contributed by atoms with van der Waals surface area (Å²) >= 11 is 7.61. The summed E-state index contributed by atoms with van der Waals surface area (Å²) in [4.78, 5) is 10.6. The molecule has 0 bridgehead atoms. The Morgan fingerprint density at radius 1 is 1.29 bits per heavy atom. The molecule has 0 saturated carbocycles. The summed E-state index contributed by atoms with van der Waals surface area (Å²) in [6, 6.07) is 4.11. The van der Waals surface area contributed by atoms with Crippen molar-refractivity contribution < 1.29 is 27.8 Å². The molecule has 13 heteroatoms. The van der Waals surface area contributed by atoms with Crippen molar-refractivity contribution in [3.63, 3.8) is 0 Å². The predicted molar refractivity (Wildman–Crippen MR) is 121 cm³/mol. The first-order valence-corrected chi connectivity index (χ1v) is 11.7. The van der Waals surface area contributed by atoms with Gasteiger partial charge in [0.05, 0.1) is 18.8 Å². The van der Waals surface area contributed by atoms with Gasteiger partial charge in [-0.1, -0.05) is 17.7 Å². The van der Waals surface area contributed by atoms with Gasteiger partial charge in [0.25, 0.3) is 0 Å². The second-order valence-corrected chi connectivity index (χ2v) is 9.48. The Morgan fingerprint density at radius 2 is 2.09 bits per heavy atom. The number of hydrogen-bond donors (Lipinski definition) is 2. The molecule has 2 aliphatic rings. The molecule has 0 aliphatic carbocycles. The Bertz CT molecular complexity index is 1310. The lowest BCUT2D eigenvalue weighted by Gasteiger charge is -2.32. The molecule has 184 valence electrons. The molecule has 4 heterocycles. The van der Waals surface area contributed by atoms with E-state index in [1.54, 1.807) is 11.6 Å². The third kappa shape index (κ3) is 4.14. The van der Waals surface area contributed by atoms with Crippen LogP contribution in [0.3, 0.4) is 0 Å². The summed E-state index contributed by atoms with van der Waals surface area (Å²) in [6.07, 6.45) is 0.575. The number of aliphatic hydroxyl groups is 2. The number of alkyl halides is 3. The monoisotopic (exact) mass is 527 g/mol. The molecular weight excluding hydrogens is 510 g/mol. The molecule has 3 aromatic rings. The van der Waals surface area contributed by atoms with Crippen LogP contribution >= 0.6 is 22.9 Å². The smallest absolute Gasteiger partial charge is 0.333 e. The van der Waals surface area contributed by atoms with Gasteiger partial charge in [-0.15, -0.1) is 11.3 Å². The molecule has 1 fully saturated rings. The first-order valence-electron chi connectivity index (χ1n) is 10.5. The highest BCUT2D eigenvalue weighted by Crippen LogP contribution is 2.49. The zero-order chi connectivity index (χ0) is 24.9. The Balaban J connectivity index is 1.76. The molecule has 0 radical (unpaired) electrons. The van der Waals surface area contributed by atoms with E-state index in [0.717, 1.165) is 12.3 Å². The second kappa shape index (κ2) is 9.01. The van der Waals surface area contributed by atoms with Gasteiger partial charge in [0.2, 0.25) is 0 Å². The summed E-state index contributed by atoms with van der Waals surface area (Å²) in [5, 5.41) is 25.9. The number of fused-ring (bicyclic) bond motifs is 1. The highest BCUT2D eigenvalue weighted by atomic mass is 35.5. The Labute approximate surface area is 205 Å². The van der Waals surface area contributed by atoms with Crippen LogP contribution in [0, 0.1) is 5.82 Å². The molecule has 2 aliphatic heterocycles. The van der Waals surface area contributed by atoms with Gasteiger partial charge < -0.3 is 15.1 Å². The van der Waals surface area contributed by atoms with Crippen molar-refractivity contribution in [1.29, 1.82) is 0 Å². The van der Waals surface area contributed by atoms with Crippen LogP contribution in [-0.4, -0.2) is 60.6 Å². The fraction of sp³-hybridized carbons (Fsp3) is 0.318. The maximum absolute atomic E-state index is 15.9. The zero-order valence-electron chi connectivity index (χ0n) is 17.8. The minimum Gasteiger partial charge on any atom is -0.394 e. The second-order valence-electron chi connectivity index (χ2n) is 8.17. The molecule has 5 rings (SSSR count). The molecule has 1 unspecified atom stereocenters. The van der Waals surface area contributed by atoms with E-state index < -0.39 is 36.8 Å². The summed E-state index contributed by atoms with van der Waals surface area (Å²) < 4.78 is 56.9. The van der Waals surface area contributed by atoms with Crippen LogP contribution < -0.4 is 0 Å². The number of halogens is 5. The van der Waals surface area contributed by atoms with Gasteiger partial charge in [0.1, 0.15) is 18.0 Å². The van der Waals surface area contributed by atoms with Crippen LogP contribution in [0.25, 0.3) is 5.57 Å². The van der Waals surface area contributed by atoms with Crippen LogP contribution in [0.4, 0.5) is 17.6 Å². The van der Waals surface area contributed by atoms with E-state index in [9.17, 15) is 23.4 Å². The fourth-order valence-electron chi connectivity index (χ4n) is 4.36. The highest BCUT2D eigenvalue weighted by molar-refractivity contribution is 7.11. The summed E-state index contributed by atoms with van der Waals surface area (Å²) in [7, 11) is 0. The van der Waals surface area contributed by atoms with E-state index in [1.165, 1.54) is 34.4 Å². The van der Waals surface area contributed by atoms with Gasteiger partial charge in [-0.3, -0.25) is 4.99 Å². The Kier molecular flexibility index (Phi) is 6.16. The van der Waals surface area contributed by atoms with Gasteiger partial charge in [0.15, 0.2) is 16.5 Å². The minimum absolute atomic E-state index is 0.0389. The quantitative estimate of drug-likeness (QED) is 0.469. The van der Waals surface area contributed by atoms with E-state index in [1.807, 2.05) is 0 Å². The first-order chi connectivity index (χ1) is 16.7. The number of rotatable bonds is 6. The molecule has 7 nitrogen and oxygen atoms in total. The number of aliphatic imine (C=N–C) groups is 1. The maximum Gasteiger partial charge on any atom is 0.333 e. The molecule has 0 amide bonds. The molecule has 0 spiro atoms. The number of nitrogens with zero attached hydrogens (tertiary/aromatic N) is 5. The molecule has 1 saturated heterocycles. The van der Waals surface area contributed by atoms with E-state index in [0.29, 0.717) is 20.9 Å². The molecule has 35 heavy (non-hydrogen) atoms. The molecule has 3 atom stereocenters. The fourth-order valence-corrected chi connectivity index (χ4v) is 5.27. The standard InChI is InChI=1S/C22H18ClF4N5O2S/c23-13-7-11(24)1-2-12(13)18-17(14-3-5-32(30-14)21(25)26)15-8-22(27,16(34)9-33)10-31(15)19(29-18)20-28-4-6-35-20/h1-7,16,18,21,33-34H,8-10H2/t16?,18-,22-/m0/s1. The van der Waals surface area contributed by atoms with Gasteiger partial charge >= 0.3 is 6.55 Å². The van der Waals surface area contributed by atoms with Gasteiger partial charge in [-0.2, -0.15) is 13.9 Å². The van der Waals surface area contributed by atoms with Crippen molar-refractivity contribution in [1.82, 2.24) is 19.7 Å². The lowest BCUT2D eigenvalue weighted by molar-refractivity contribution is -0.0308. The third-order valence-electron chi connectivity index (χ3n) is 6.03. The maximum atomic E-state index is 15.9. The number of amidine groups is 1. The van der Waals surface area contributed by atoms with Crippen LogP contribution in [0.15, 0.2) is 52.7 Å². The zero-order valence-corrected chi connectivity index (χ0v) is 19.4. The highest BCUT2D eigenvalue weighted by Gasteiger charge is 2.51. The summed E-state index contributed by atoms with van der Waals surface area (Å²) in [6.45, 7) is -4.08. The summed E-state index contributed by atoms with van der Waals surface area (Å²) in [5.74, 6) is -0.298. The third-order valence-corrected chi connectivity index (χ3v) is 7.13. The van der Waals surface area contributed by atoms with Crippen molar-refractivity contribution in [2.24, 2.45) is 4.99 Å². The average molecular weight is 528 g/mol. The topological polar surface area (TPSA) is 86.8 Å². The summed E-state index contributed by atoms with van der Waals surface area (Å²) in [5.41, 5.74) is -1.21. The van der Waals surface area contributed by atoms with Gasteiger partial charge in [-0.25, -0.2) is 18.4 Å². The molecule has 2 N–H and O–H groups in total. The molecule has 1 aromatic carbocycles. The Hall–Kier alpha value is -2.80. The number of aliphatic hydroxyl groups excluding tert-OH is 2. The lowest BCUT2D eigenvalue weighted by Crippen LogP contribution is -2.44. The van der Waals surface area contributed by atoms with E-state index in [4.69, 9.17) is 16.6 Å². The largest absolute Gasteiger partial charge is 0.394 e. The average Bonchev–Trinajstić information content (AvgIpc) is 3.57. The van der Waals surface area contributed by atoms with Gasteiger partial charge in [0, 0.05) is 46.1 Å². The van der Waals surface area contributed by atoms with Crippen molar-refractivity contribution in [2.45, 2.75) is 30.8 Å². The van der Waals surface area contributed by atoms with E-state index in [2.05, 4.69) is 10.1 Å². The number of allylic oxidation sites excluding steroid dienone is 1. The van der Waals surface area contributed by atoms with Crippen molar-refractivity contribution >= 4 is 34.3 Å². The number of thiazole rings is 1. The molecule has 2 aromatic heterocycles. The lowest BCUT2D eigenvalue weighted by atomic mass is 9.90. The van der Waals surface area contributed by atoms with Gasteiger partial charge in [-0.05, 0) is 18.2 Å². The Morgan fingerprint density at radius 3 is 2.71 bits per heavy atom. The van der Waals surface area contributed by atoms with E-state index in [-0.39, 0.29) is 35.1 Å². The normalized spacial score (nSPS) is 23.1. The van der Waals surface area contributed by atoms with Crippen LogP contribution in [0.1, 0.15) is 35.3 Å². The number of aromatic nitrogens is 3. The van der Waals surface area contributed by atoms with Crippen LogP contribution in [0.5, 0.6) is 0 Å². The van der Waals surface area contributed by atoms with Crippen LogP contribution in [0.2, 0.25) is 5.02 Å². The van der Waals surface area contributed by atoms with Crippen molar-refractivity contribution in [2.75, 3.05) is 13.2 Å². The van der Waals surface area contributed by atoms with Crippen molar-refractivity contribution in [3.05, 3.63) is 74.8 Å². The number of benzene rings is 1. The predicted octanol–water partition coefficient (Wildman–Crippen LogP) is 4.21. The van der Waals surface area contributed by atoms with Crippen molar-refractivity contribution in [3.8, 4) is 0 Å². The minimum atomic E-state index is -2.91. The number of hydrogen-bond acceptors (Lipinski definition) is 7.